The molecule has 0 saturated carbocycles. The molecule has 0 aromatic heterocycles. The van der Waals surface area contributed by atoms with Gasteiger partial charge in [-0.1, -0.05) is 18.2 Å². The molecule has 2 nitrogen and oxygen atoms in total. The van der Waals surface area contributed by atoms with E-state index >= 15 is 0 Å². The third kappa shape index (κ3) is 3.29. The minimum Gasteiger partial charge on any atom is -0.426 e. The largest absolute Gasteiger partial charge is 0.426 e. The molecule has 2 rings (SSSR count). The number of hydrogen-bond acceptors (Lipinski definition) is 2. The summed E-state index contributed by atoms with van der Waals surface area (Å²) in [4.78, 5) is 11.3. The van der Waals surface area contributed by atoms with E-state index in [1.165, 1.54) is 18.2 Å². The van der Waals surface area contributed by atoms with E-state index in [9.17, 15) is 13.6 Å². The highest BCUT2D eigenvalue weighted by Crippen LogP contribution is 2.25. The van der Waals surface area contributed by atoms with Crippen LogP contribution in [-0.2, 0) is 4.79 Å². The van der Waals surface area contributed by atoms with Crippen molar-refractivity contribution in [3.8, 4) is 16.9 Å². The van der Waals surface area contributed by atoms with Crippen LogP contribution >= 0.6 is 0 Å². The summed E-state index contributed by atoms with van der Waals surface area (Å²) in [5.41, 5.74) is 0.862. The van der Waals surface area contributed by atoms with E-state index in [2.05, 4.69) is 6.58 Å². The average Bonchev–Trinajstić information content (AvgIpc) is 2.40. The standard InChI is InChI=1S/C16H12F2O2/c1-2-3-16(19)20-13-7-4-11(5-8-13)14-9-6-12(17)10-15(14)18/h2,4-10H,1,3H2. The monoisotopic (exact) mass is 274 g/mol. The predicted octanol–water partition coefficient (Wildman–Crippen LogP) is 4.11. The summed E-state index contributed by atoms with van der Waals surface area (Å²) >= 11 is 0. The Balaban J connectivity index is 2.19. The lowest BCUT2D eigenvalue weighted by Crippen LogP contribution is -2.05. The molecule has 2 aromatic rings. The van der Waals surface area contributed by atoms with E-state index in [1.54, 1.807) is 24.3 Å². The first-order valence-electron chi connectivity index (χ1n) is 5.97. The molecule has 0 N–H and O–H groups in total. The summed E-state index contributed by atoms with van der Waals surface area (Å²) in [6.07, 6.45) is 1.57. The number of rotatable bonds is 4. The SMILES string of the molecule is C=CCC(=O)Oc1ccc(-c2ccc(F)cc2F)cc1. The highest BCUT2D eigenvalue weighted by Gasteiger charge is 2.07. The summed E-state index contributed by atoms with van der Waals surface area (Å²) in [5, 5.41) is 0. The zero-order valence-corrected chi connectivity index (χ0v) is 10.6. The van der Waals surface area contributed by atoms with E-state index < -0.39 is 17.6 Å². The van der Waals surface area contributed by atoms with Crippen LogP contribution in [0.25, 0.3) is 11.1 Å². The van der Waals surface area contributed by atoms with Gasteiger partial charge in [-0.25, -0.2) is 8.78 Å². The molecule has 20 heavy (non-hydrogen) atoms. The molecule has 0 fully saturated rings. The fraction of sp³-hybridized carbons (Fsp3) is 0.0625. The lowest BCUT2D eigenvalue weighted by atomic mass is 10.1. The van der Waals surface area contributed by atoms with Crippen molar-refractivity contribution in [1.82, 2.24) is 0 Å². The minimum absolute atomic E-state index is 0.119. The first-order valence-corrected chi connectivity index (χ1v) is 5.97. The van der Waals surface area contributed by atoms with Crippen molar-refractivity contribution in [3.05, 3.63) is 66.8 Å². The molecular formula is C16H12F2O2. The van der Waals surface area contributed by atoms with Gasteiger partial charge in [0.15, 0.2) is 0 Å². The number of esters is 1. The Labute approximate surface area is 115 Å². The van der Waals surface area contributed by atoms with Crippen LogP contribution in [0.2, 0.25) is 0 Å². The normalized spacial score (nSPS) is 10.1. The van der Waals surface area contributed by atoms with E-state index in [-0.39, 0.29) is 12.0 Å². The van der Waals surface area contributed by atoms with Gasteiger partial charge in [0.2, 0.25) is 0 Å². The van der Waals surface area contributed by atoms with Crippen LogP contribution in [0.5, 0.6) is 5.75 Å². The van der Waals surface area contributed by atoms with Crippen molar-refractivity contribution in [2.45, 2.75) is 6.42 Å². The van der Waals surface area contributed by atoms with Crippen molar-refractivity contribution < 1.29 is 18.3 Å². The third-order valence-electron chi connectivity index (χ3n) is 2.64. The Hall–Kier alpha value is -2.49. The Morgan fingerprint density at radius 2 is 1.85 bits per heavy atom. The van der Waals surface area contributed by atoms with E-state index in [0.29, 0.717) is 11.3 Å². The molecule has 0 bridgehead atoms. The molecule has 0 radical (unpaired) electrons. The molecule has 0 atom stereocenters. The van der Waals surface area contributed by atoms with Gasteiger partial charge in [-0.05, 0) is 29.8 Å². The molecule has 0 heterocycles. The van der Waals surface area contributed by atoms with Crippen molar-refractivity contribution in [2.75, 3.05) is 0 Å². The van der Waals surface area contributed by atoms with Crippen LogP contribution in [0, 0.1) is 11.6 Å². The smallest absolute Gasteiger partial charge is 0.315 e. The predicted molar refractivity (Wildman–Crippen MR) is 72.2 cm³/mol. The van der Waals surface area contributed by atoms with Crippen LogP contribution in [0.4, 0.5) is 8.78 Å². The molecule has 4 heteroatoms. The Morgan fingerprint density at radius 3 is 2.45 bits per heavy atom. The maximum Gasteiger partial charge on any atom is 0.315 e. The van der Waals surface area contributed by atoms with Gasteiger partial charge in [0.25, 0.3) is 0 Å². The van der Waals surface area contributed by atoms with Crippen LogP contribution in [0.15, 0.2) is 55.1 Å². The number of halogens is 2. The zero-order valence-electron chi connectivity index (χ0n) is 10.6. The highest BCUT2D eigenvalue weighted by molar-refractivity contribution is 5.74. The Morgan fingerprint density at radius 1 is 1.15 bits per heavy atom. The minimum atomic E-state index is -0.638. The van der Waals surface area contributed by atoms with Gasteiger partial charge in [-0.3, -0.25) is 4.79 Å². The number of carbonyl (C=O) groups excluding carboxylic acids is 1. The summed E-state index contributed by atoms with van der Waals surface area (Å²) in [5.74, 6) is -1.31. The van der Waals surface area contributed by atoms with Crippen molar-refractivity contribution >= 4 is 5.97 Å². The van der Waals surface area contributed by atoms with Crippen molar-refractivity contribution in [2.24, 2.45) is 0 Å². The quantitative estimate of drug-likeness (QED) is 0.476. The molecular weight excluding hydrogens is 262 g/mol. The van der Waals surface area contributed by atoms with E-state index in [4.69, 9.17) is 4.74 Å². The van der Waals surface area contributed by atoms with Crippen LogP contribution in [0.1, 0.15) is 6.42 Å². The second-order valence-electron chi connectivity index (χ2n) is 4.12. The summed E-state index contributed by atoms with van der Waals surface area (Å²) < 4.78 is 31.5. The molecule has 0 saturated heterocycles. The molecule has 2 aromatic carbocycles. The summed E-state index contributed by atoms with van der Waals surface area (Å²) in [6.45, 7) is 3.44. The average molecular weight is 274 g/mol. The number of carbonyl (C=O) groups is 1. The van der Waals surface area contributed by atoms with Gasteiger partial charge in [-0.15, -0.1) is 6.58 Å². The zero-order chi connectivity index (χ0) is 14.5. The molecule has 0 aliphatic rings. The maximum atomic E-state index is 13.6. The van der Waals surface area contributed by atoms with Crippen LogP contribution < -0.4 is 4.74 Å². The first-order chi connectivity index (χ1) is 9.60. The summed E-state index contributed by atoms with van der Waals surface area (Å²) in [7, 11) is 0. The van der Waals surface area contributed by atoms with E-state index in [0.717, 1.165) is 6.07 Å². The fourth-order valence-corrected chi connectivity index (χ4v) is 1.72. The molecule has 0 spiro atoms. The Bertz CT molecular complexity index is 633. The van der Waals surface area contributed by atoms with Gasteiger partial charge in [0.1, 0.15) is 17.4 Å². The topological polar surface area (TPSA) is 26.3 Å². The molecule has 0 aliphatic heterocycles. The Kier molecular flexibility index (Phi) is 4.25. The first kappa shape index (κ1) is 13.9. The molecule has 0 aliphatic carbocycles. The third-order valence-corrected chi connectivity index (χ3v) is 2.64. The van der Waals surface area contributed by atoms with Gasteiger partial charge in [0, 0.05) is 11.6 Å². The molecule has 102 valence electrons. The van der Waals surface area contributed by atoms with Crippen molar-refractivity contribution in [3.63, 3.8) is 0 Å². The van der Waals surface area contributed by atoms with E-state index in [1.807, 2.05) is 0 Å². The van der Waals surface area contributed by atoms with Gasteiger partial charge >= 0.3 is 5.97 Å². The van der Waals surface area contributed by atoms with Gasteiger partial charge in [-0.2, -0.15) is 0 Å². The van der Waals surface area contributed by atoms with Gasteiger partial charge in [0.05, 0.1) is 6.42 Å². The van der Waals surface area contributed by atoms with Crippen LogP contribution in [0.3, 0.4) is 0 Å². The number of hydrogen-bond donors (Lipinski definition) is 0. The molecule has 0 amide bonds. The van der Waals surface area contributed by atoms with Gasteiger partial charge < -0.3 is 4.74 Å². The second-order valence-corrected chi connectivity index (χ2v) is 4.12. The van der Waals surface area contributed by atoms with Crippen molar-refractivity contribution in [1.29, 1.82) is 0 Å². The lowest BCUT2D eigenvalue weighted by molar-refractivity contribution is -0.133. The van der Waals surface area contributed by atoms with Crippen LogP contribution in [-0.4, -0.2) is 5.97 Å². The second kappa shape index (κ2) is 6.10. The number of benzene rings is 2. The highest BCUT2D eigenvalue weighted by atomic mass is 19.1. The summed E-state index contributed by atoms with van der Waals surface area (Å²) in [6, 6.07) is 9.70. The maximum absolute atomic E-state index is 13.6. The molecule has 0 unspecified atom stereocenters. The fourth-order valence-electron chi connectivity index (χ4n) is 1.72. The number of ether oxygens (including phenoxy) is 1. The lowest BCUT2D eigenvalue weighted by Gasteiger charge is -2.06.